The summed E-state index contributed by atoms with van der Waals surface area (Å²) in [5.41, 5.74) is -0.770. The number of halogens is 1. The quantitative estimate of drug-likeness (QED) is 0.434. The maximum absolute atomic E-state index is 12.6. The molecule has 0 aliphatic rings. The zero-order valence-corrected chi connectivity index (χ0v) is 16.7. The van der Waals surface area contributed by atoms with Gasteiger partial charge in [0.1, 0.15) is 4.90 Å². The lowest BCUT2D eigenvalue weighted by Gasteiger charge is -2.12. The van der Waals surface area contributed by atoms with E-state index in [9.17, 15) is 18.0 Å². The number of carbonyl (C=O) groups is 1. The summed E-state index contributed by atoms with van der Waals surface area (Å²) in [5.74, 6) is -1.48. The Labute approximate surface area is 171 Å². The molecular formula is C19H15ClN2O6S. The lowest BCUT2D eigenvalue weighted by atomic mass is 10.3. The van der Waals surface area contributed by atoms with Crippen LogP contribution in [0.1, 0.15) is 17.4 Å². The third-order valence-electron chi connectivity index (χ3n) is 3.65. The van der Waals surface area contributed by atoms with E-state index in [0.29, 0.717) is 5.69 Å². The van der Waals surface area contributed by atoms with Crippen LogP contribution in [-0.4, -0.2) is 30.8 Å². The Morgan fingerprint density at radius 2 is 1.83 bits per heavy atom. The highest BCUT2D eigenvalue weighted by molar-refractivity contribution is 7.87. The Kier molecular flexibility index (Phi) is 6.00. The minimum Gasteiger partial charge on any atom is -0.461 e. The Morgan fingerprint density at radius 1 is 1.10 bits per heavy atom. The largest absolute Gasteiger partial charge is 0.461 e. The summed E-state index contributed by atoms with van der Waals surface area (Å²) in [5, 5.41) is 4.15. The molecule has 0 fully saturated rings. The van der Waals surface area contributed by atoms with Gasteiger partial charge in [0.2, 0.25) is 5.69 Å². The van der Waals surface area contributed by atoms with Gasteiger partial charge in [-0.15, -0.1) is 0 Å². The molecule has 0 bridgehead atoms. The fourth-order valence-corrected chi connectivity index (χ4v) is 3.62. The van der Waals surface area contributed by atoms with E-state index in [4.69, 9.17) is 20.5 Å². The van der Waals surface area contributed by atoms with Crippen LogP contribution in [0.15, 0.2) is 70.4 Å². The third kappa shape index (κ3) is 4.64. The van der Waals surface area contributed by atoms with E-state index >= 15 is 0 Å². The van der Waals surface area contributed by atoms with Crippen molar-refractivity contribution in [3.63, 3.8) is 0 Å². The maximum atomic E-state index is 12.6. The van der Waals surface area contributed by atoms with E-state index in [1.165, 1.54) is 24.3 Å². The number of ether oxygens (including phenoxy) is 1. The fourth-order valence-electron chi connectivity index (χ4n) is 2.39. The summed E-state index contributed by atoms with van der Waals surface area (Å²) in [6, 6.07) is 14.6. The van der Waals surface area contributed by atoms with Gasteiger partial charge in [-0.2, -0.15) is 18.2 Å². The fraction of sp³-hybridized carbons (Fsp3) is 0.105. The van der Waals surface area contributed by atoms with E-state index in [0.717, 1.165) is 10.7 Å². The zero-order valence-electron chi connectivity index (χ0n) is 15.1. The van der Waals surface area contributed by atoms with Crippen LogP contribution in [-0.2, 0) is 14.9 Å². The lowest BCUT2D eigenvalue weighted by Crippen LogP contribution is -2.26. The van der Waals surface area contributed by atoms with Crippen LogP contribution >= 0.6 is 11.6 Å². The van der Waals surface area contributed by atoms with Gasteiger partial charge in [-0.25, -0.2) is 4.79 Å². The first-order valence-electron chi connectivity index (χ1n) is 8.39. The van der Waals surface area contributed by atoms with E-state index in [-0.39, 0.29) is 16.5 Å². The first-order valence-corrected chi connectivity index (χ1v) is 10.2. The smallest absolute Gasteiger partial charge is 0.362 e. The van der Waals surface area contributed by atoms with E-state index in [1.54, 1.807) is 37.3 Å². The molecule has 0 unspecified atom stereocenters. The Balaban J connectivity index is 2.11. The zero-order chi connectivity index (χ0) is 21.0. The van der Waals surface area contributed by atoms with E-state index in [1.807, 2.05) is 0 Å². The van der Waals surface area contributed by atoms with Gasteiger partial charge in [-0.3, -0.25) is 4.79 Å². The molecule has 10 heteroatoms. The summed E-state index contributed by atoms with van der Waals surface area (Å²) in [4.78, 5) is 24.6. The minimum atomic E-state index is -4.38. The molecule has 3 rings (SSSR count). The average molecular weight is 435 g/mol. The Bertz CT molecular complexity index is 1210. The SMILES string of the molecule is CCOC(=O)c1nn(-c2ccccc2)c(=O)cc1OS(=O)(=O)c1cccc(Cl)c1. The van der Waals surface area contributed by atoms with Gasteiger partial charge in [0.15, 0.2) is 5.75 Å². The molecule has 150 valence electrons. The van der Waals surface area contributed by atoms with E-state index < -0.39 is 33.1 Å². The van der Waals surface area contributed by atoms with Crippen LogP contribution < -0.4 is 9.74 Å². The molecule has 0 aliphatic heterocycles. The monoisotopic (exact) mass is 434 g/mol. The van der Waals surface area contributed by atoms with Gasteiger partial charge < -0.3 is 8.92 Å². The average Bonchev–Trinajstić information content (AvgIpc) is 2.68. The second kappa shape index (κ2) is 8.46. The number of hydrogen-bond acceptors (Lipinski definition) is 7. The van der Waals surface area contributed by atoms with Crippen LogP contribution in [0.25, 0.3) is 5.69 Å². The number of esters is 1. The maximum Gasteiger partial charge on any atom is 0.362 e. The summed E-state index contributed by atoms with van der Waals surface area (Å²) >= 11 is 5.83. The number of rotatable bonds is 6. The molecule has 0 spiro atoms. The standard InChI is InChI=1S/C19H15ClN2O6S/c1-2-27-19(24)18-16(28-29(25,26)15-10-6-7-13(20)11-15)12-17(23)22(21-18)14-8-4-3-5-9-14/h3-12H,2H2,1H3. The van der Waals surface area contributed by atoms with Crippen LogP contribution in [0, 0.1) is 0 Å². The molecule has 0 saturated carbocycles. The topological polar surface area (TPSA) is 105 Å². The lowest BCUT2D eigenvalue weighted by molar-refractivity contribution is 0.0515. The summed E-state index contributed by atoms with van der Waals surface area (Å²) in [7, 11) is -4.38. The van der Waals surface area contributed by atoms with Gasteiger partial charge in [0, 0.05) is 5.02 Å². The van der Waals surface area contributed by atoms with Gasteiger partial charge in [0.25, 0.3) is 5.56 Å². The number of hydrogen-bond donors (Lipinski definition) is 0. The summed E-state index contributed by atoms with van der Waals surface area (Å²) in [6.07, 6.45) is 0. The predicted octanol–water partition coefficient (Wildman–Crippen LogP) is 2.83. The minimum absolute atomic E-state index is 0.0193. The first kappa shape index (κ1) is 20.6. The molecule has 0 saturated heterocycles. The molecule has 0 amide bonds. The highest BCUT2D eigenvalue weighted by Gasteiger charge is 2.25. The molecule has 0 aliphatic carbocycles. The number of aromatic nitrogens is 2. The van der Waals surface area contributed by atoms with Crippen LogP contribution in [0.5, 0.6) is 5.75 Å². The van der Waals surface area contributed by atoms with Crippen molar-refractivity contribution in [3.05, 3.63) is 81.7 Å². The molecule has 1 heterocycles. The molecule has 8 nitrogen and oxygen atoms in total. The van der Waals surface area contributed by atoms with Crippen molar-refractivity contribution < 1.29 is 22.1 Å². The van der Waals surface area contributed by atoms with Crippen molar-refractivity contribution in [3.8, 4) is 11.4 Å². The molecule has 2 aromatic carbocycles. The second-order valence-electron chi connectivity index (χ2n) is 5.66. The molecule has 0 atom stereocenters. The Morgan fingerprint density at radius 3 is 2.48 bits per heavy atom. The summed E-state index contributed by atoms with van der Waals surface area (Å²) < 4.78 is 36.1. The van der Waals surface area contributed by atoms with Gasteiger partial charge in [-0.1, -0.05) is 35.9 Å². The van der Waals surface area contributed by atoms with Crippen molar-refractivity contribution in [1.82, 2.24) is 9.78 Å². The highest BCUT2D eigenvalue weighted by Crippen LogP contribution is 2.23. The second-order valence-corrected chi connectivity index (χ2v) is 7.64. The van der Waals surface area contributed by atoms with Crippen molar-refractivity contribution in [2.75, 3.05) is 6.61 Å². The predicted molar refractivity (Wildman–Crippen MR) is 105 cm³/mol. The van der Waals surface area contributed by atoms with Crippen molar-refractivity contribution >= 4 is 27.7 Å². The van der Waals surface area contributed by atoms with Crippen molar-refractivity contribution in [2.45, 2.75) is 11.8 Å². The molecule has 1 aromatic heterocycles. The molecular weight excluding hydrogens is 420 g/mol. The van der Waals surface area contributed by atoms with E-state index in [2.05, 4.69) is 5.10 Å². The van der Waals surface area contributed by atoms with Crippen LogP contribution in [0.2, 0.25) is 5.02 Å². The number of nitrogens with zero attached hydrogens (tertiary/aromatic N) is 2. The molecule has 3 aromatic rings. The number of para-hydroxylation sites is 1. The van der Waals surface area contributed by atoms with Crippen LogP contribution in [0.3, 0.4) is 0 Å². The molecule has 29 heavy (non-hydrogen) atoms. The van der Waals surface area contributed by atoms with Crippen molar-refractivity contribution in [2.24, 2.45) is 0 Å². The molecule has 0 N–H and O–H groups in total. The normalized spacial score (nSPS) is 11.1. The number of carbonyl (C=O) groups excluding carboxylic acids is 1. The van der Waals surface area contributed by atoms with Crippen molar-refractivity contribution in [1.29, 1.82) is 0 Å². The third-order valence-corrected chi connectivity index (χ3v) is 5.12. The Hall–Kier alpha value is -3.17. The van der Waals surface area contributed by atoms with Gasteiger partial charge >= 0.3 is 16.1 Å². The number of benzene rings is 2. The van der Waals surface area contributed by atoms with Crippen LogP contribution in [0.4, 0.5) is 0 Å². The first-order chi connectivity index (χ1) is 13.8. The van der Waals surface area contributed by atoms with Gasteiger partial charge in [-0.05, 0) is 37.3 Å². The highest BCUT2D eigenvalue weighted by atomic mass is 35.5. The molecule has 0 radical (unpaired) electrons. The summed E-state index contributed by atoms with van der Waals surface area (Å²) in [6.45, 7) is 1.60. The van der Waals surface area contributed by atoms with Gasteiger partial charge in [0.05, 0.1) is 18.4 Å².